The number of esters is 1. The van der Waals surface area contributed by atoms with Crippen LogP contribution >= 0.6 is 0 Å². The number of nitrogens with one attached hydrogen (secondary N) is 1. The second kappa shape index (κ2) is 9.31. The van der Waals surface area contributed by atoms with Gasteiger partial charge in [0.05, 0.1) is 39.6 Å². The molecule has 0 fully saturated rings. The van der Waals surface area contributed by atoms with Gasteiger partial charge in [-0.2, -0.15) is 12.8 Å². The van der Waals surface area contributed by atoms with Crippen LogP contribution in [0.25, 0.3) is 0 Å². The number of nitro groups is 1. The van der Waals surface area contributed by atoms with Crippen LogP contribution in [0.1, 0.15) is 26.3 Å². The van der Waals surface area contributed by atoms with Crippen molar-refractivity contribution in [3.63, 3.8) is 0 Å². The molecule has 0 saturated carbocycles. The van der Waals surface area contributed by atoms with Crippen LogP contribution in [-0.2, 0) is 14.8 Å². The Hall–Kier alpha value is -4.64. The van der Waals surface area contributed by atoms with E-state index in [2.05, 4.69) is 9.71 Å². The van der Waals surface area contributed by atoms with Gasteiger partial charge >= 0.3 is 5.97 Å². The molecular weight excluding hydrogens is 474 g/mol. The number of para-hydroxylation sites is 1. The van der Waals surface area contributed by atoms with Crippen molar-refractivity contribution in [3.8, 4) is 0 Å². The minimum absolute atomic E-state index is 0.0203. The van der Waals surface area contributed by atoms with Crippen LogP contribution in [-0.4, -0.2) is 37.9 Å². The van der Waals surface area contributed by atoms with Gasteiger partial charge < -0.3 is 10.1 Å². The lowest BCUT2D eigenvalue weighted by atomic mass is 9.92. The number of nitro benzene ring substituents is 1. The average molecular weight is 491 g/mol. The highest BCUT2D eigenvalue weighted by Gasteiger charge is 2.27. The van der Waals surface area contributed by atoms with Gasteiger partial charge in [0.2, 0.25) is 5.78 Å². The Morgan fingerprint density at radius 1 is 1.00 bits per heavy atom. The summed E-state index contributed by atoms with van der Waals surface area (Å²) < 4.78 is 34.7. The Kier molecular flexibility index (Phi) is 6.26. The predicted octanol–water partition coefficient (Wildman–Crippen LogP) is 3.75. The summed E-state index contributed by atoms with van der Waals surface area (Å²) in [5.41, 5.74) is 0.449. The normalized spacial score (nSPS) is 14.1. The third-order valence-electron chi connectivity index (χ3n) is 5.12. The van der Waals surface area contributed by atoms with Crippen molar-refractivity contribution in [2.24, 2.45) is 4.40 Å². The maximum atomic E-state index is 13.1. The number of hydrogen-bond acceptors (Lipinski definition) is 8. The number of benzene rings is 3. The first-order valence-corrected chi connectivity index (χ1v) is 11.5. The molecule has 3 aromatic carbocycles. The van der Waals surface area contributed by atoms with Crippen molar-refractivity contribution in [2.45, 2.75) is 4.90 Å². The largest absolute Gasteiger partial charge is 0.465 e. The number of carbonyl (C=O) groups is 2. The molecule has 1 N–H and O–H groups in total. The molecule has 1 aliphatic rings. The molecular formula is C24H17N3O7S. The average Bonchev–Trinajstić information content (AvgIpc) is 2.86. The molecule has 0 amide bonds. The van der Waals surface area contributed by atoms with Crippen molar-refractivity contribution >= 4 is 38.9 Å². The summed E-state index contributed by atoms with van der Waals surface area (Å²) >= 11 is 0. The van der Waals surface area contributed by atoms with Crippen LogP contribution in [0.3, 0.4) is 0 Å². The molecule has 0 radical (unpaired) electrons. The zero-order valence-electron chi connectivity index (χ0n) is 18.2. The number of methoxy groups -OCH3 is 1. The molecule has 176 valence electrons. The fourth-order valence-electron chi connectivity index (χ4n) is 3.46. The van der Waals surface area contributed by atoms with Gasteiger partial charge in [-0.05, 0) is 24.3 Å². The fraction of sp³-hybridized carbons (Fsp3) is 0.0417. The number of carbonyl (C=O) groups excluding carboxylic acids is 2. The highest BCUT2D eigenvalue weighted by atomic mass is 32.2. The molecule has 0 aromatic heterocycles. The summed E-state index contributed by atoms with van der Waals surface area (Å²) in [7, 11) is -3.15. The molecule has 0 spiro atoms. The summed E-state index contributed by atoms with van der Waals surface area (Å²) in [5.74, 6) is -1.06. The first-order valence-electron chi connectivity index (χ1n) is 10.1. The summed E-state index contributed by atoms with van der Waals surface area (Å²) in [5, 5.41) is 14.0. The maximum Gasteiger partial charge on any atom is 0.339 e. The van der Waals surface area contributed by atoms with E-state index in [0.29, 0.717) is 0 Å². The van der Waals surface area contributed by atoms with Gasteiger partial charge in [0.15, 0.2) is 0 Å². The molecule has 0 bridgehead atoms. The quantitative estimate of drug-likeness (QED) is 0.312. The molecule has 0 unspecified atom stereocenters. The monoisotopic (exact) mass is 491 g/mol. The Morgan fingerprint density at radius 3 is 2.40 bits per heavy atom. The molecule has 35 heavy (non-hydrogen) atoms. The Labute approximate surface area is 199 Å². The SMILES string of the molecule is COC(=O)c1ccccc1NC1=C/C(=N/S(=O)(=O)c2cccc([N+](=O)[O-])c2)c2ccccc2C1=O. The highest BCUT2D eigenvalue weighted by Crippen LogP contribution is 2.27. The van der Waals surface area contributed by atoms with E-state index < -0.39 is 32.4 Å². The number of hydrogen-bond donors (Lipinski definition) is 1. The van der Waals surface area contributed by atoms with Crippen LogP contribution in [0.2, 0.25) is 0 Å². The smallest absolute Gasteiger partial charge is 0.339 e. The van der Waals surface area contributed by atoms with Gasteiger partial charge in [-0.1, -0.05) is 42.5 Å². The van der Waals surface area contributed by atoms with Gasteiger partial charge in [-0.25, -0.2) is 4.79 Å². The number of ketones is 1. The zero-order valence-corrected chi connectivity index (χ0v) is 19.0. The van der Waals surface area contributed by atoms with Crippen molar-refractivity contribution in [1.82, 2.24) is 0 Å². The second-order valence-electron chi connectivity index (χ2n) is 7.30. The molecule has 11 heteroatoms. The molecule has 0 heterocycles. The van der Waals surface area contributed by atoms with E-state index in [1.807, 2.05) is 0 Å². The maximum absolute atomic E-state index is 13.1. The molecule has 0 atom stereocenters. The van der Waals surface area contributed by atoms with Crippen molar-refractivity contribution < 1.29 is 27.7 Å². The lowest BCUT2D eigenvalue weighted by Crippen LogP contribution is -2.23. The Morgan fingerprint density at radius 2 is 1.69 bits per heavy atom. The van der Waals surface area contributed by atoms with Gasteiger partial charge in [-0.15, -0.1) is 0 Å². The third kappa shape index (κ3) is 4.70. The van der Waals surface area contributed by atoms with Crippen LogP contribution in [0.15, 0.2) is 93.9 Å². The number of rotatable bonds is 6. The van der Waals surface area contributed by atoms with Gasteiger partial charge in [0.1, 0.15) is 0 Å². The highest BCUT2D eigenvalue weighted by molar-refractivity contribution is 7.90. The molecule has 3 aromatic rings. The lowest BCUT2D eigenvalue weighted by molar-refractivity contribution is -0.385. The van der Waals surface area contributed by atoms with Gasteiger partial charge in [-0.3, -0.25) is 14.9 Å². The molecule has 0 aliphatic heterocycles. The van der Waals surface area contributed by atoms with E-state index in [-0.39, 0.29) is 38.7 Å². The number of ether oxygens (including phenoxy) is 1. The van der Waals surface area contributed by atoms with Gasteiger partial charge in [0, 0.05) is 23.3 Å². The standard InChI is InChI=1S/C24H17N3O7S/c1-34-24(29)19-11-4-5-12-20(19)25-22-14-21(17-9-2-3-10-18(17)23(22)28)26-35(32,33)16-8-6-7-15(13-16)27(30)31/h2-14,25H,1H3/b26-21-. The molecule has 10 nitrogen and oxygen atoms in total. The van der Waals surface area contributed by atoms with Crippen molar-refractivity contribution in [2.75, 3.05) is 12.4 Å². The van der Waals surface area contributed by atoms with E-state index in [4.69, 9.17) is 4.74 Å². The number of Topliss-reactive ketones (excluding diaryl/α,β-unsaturated/α-hetero) is 1. The fourth-order valence-corrected chi connectivity index (χ4v) is 4.50. The van der Waals surface area contributed by atoms with E-state index in [9.17, 15) is 28.1 Å². The first-order chi connectivity index (χ1) is 16.7. The van der Waals surface area contributed by atoms with Crippen LogP contribution in [0, 0.1) is 10.1 Å². The number of nitrogens with zero attached hydrogens (tertiary/aromatic N) is 2. The van der Waals surface area contributed by atoms with Gasteiger partial charge in [0.25, 0.3) is 15.7 Å². The topological polar surface area (TPSA) is 145 Å². The van der Waals surface area contributed by atoms with Crippen molar-refractivity contribution in [3.05, 3.63) is 111 Å². The van der Waals surface area contributed by atoms with E-state index in [1.54, 1.807) is 36.4 Å². The van der Waals surface area contributed by atoms with Crippen LogP contribution in [0.5, 0.6) is 0 Å². The third-order valence-corrected chi connectivity index (χ3v) is 6.41. The molecule has 4 rings (SSSR count). The summed E-state index contributed by atoms with van der Waals surface area (Å²) in [6.07, 6.45) is 1.26. The number of non-ortho nitro benzene ring substituents is 1. The lowest BCUT2D eigenvalue weighted by Gasteiger charge is -2.19. The summed E-state index contributed by atoms with van der Waals surface area (Å²) in [6, 6.07) is 17.2. The van der Waals surface area contributed by atoms with E-state index >= 15 is 0 Å². The van der Waals surface area contributed by atoms with Crippen LogP contribution < -0.4 is 5.32 Å². The predicted molar refractivity (Wildman–Crippen MR) is 127 cm³/mol. The first kappa shape index (κ1) is 23.5. The van der Waals surface area contributed by atoms with E-state index in [1.165, 1.54) is 43.5 Å². The molecule has 0 saturated heterocycles. The summed E-state index contributed by atoms with van der Waals surface area (Å²) in [6.45, 7) is 0. The number of anilines is 1. The number of sulfonamides is 1. The Bertz CT molecular complexity index is 1540. The van der Waals surface area contributed by atoms with E-state index in [0.717, 1.165) is 6.07 Å². The second-order valence-corrected chi connectivity index (χ2v) is 8.91. The minimum Gasteiger partial charge on any atom is -0.465 e. The van der Waals surface area contributed by atoms with Crippen LogP contribution in [0.4, 0.5) is 11.4 Å². The Balaban J connectivity index is 1.83. The number of allylic oxidation sites excluding steroid dienone is 2. The number of fused-ring (bicyclic) bond motifs is 1. The van der Waals surface area contributed by atoms with Crippen molar-refractivity contribution in [1.29, 1.82) is 0 Å². The minimum atomic E-state index is -4.37. The zero-order chi connectivity index (χ0) is 25.2. The molecule has 1 aliphatic carbocycles. The summed E-state index contributed by atoms with van der Waals surface area (Å²) in [4.78, 5) is 35.3.